The van der Waals surface area contributed by atoms with Crippen LogP contribution in [0.25, 0.3) is 0 Å². The van der Waals surface area contributed by atoms with Crippen LogP contribution in [0.1, 0.15) is 214 Å². The molecule has 9 nitrogen and oxygen atoms in total. The summed E-state index contributed by atoms with van der Waals surface area (Å²) in [5.41, 5.74) is 0. The van der Waals surface area contributed by atoms with Crippen molar-refractivity contribution in [1.82, 2.24) is 15.1 Å². The minimum absolute atomic E-state index is 0.00298. The van der Waals surface area contributed by atoms with Crippen molar-refractivity contribution in [3.63, 3.8) is 0 Å². The molecule has 0 spiro atoms. The normalized spacial score (nSPS) is 12.7. The minimum atomic E-state index is -0.0221. The zero-order valence-electron chi connectivity index (χ0n) is 36.4. The van der Waals surface area contributed by atoms with Gasteiger partial charge in [0.15, 0.2) is 6.19 Å². The summed E-state index contributed by atoms with van der Waals surface area (Å²) in [5, 5.41) is 11.7. The number of nitrogens with zero attached hydrogens (tertiary/aromatic N) is 4. The molecule has 0 fully saturated rings. The summed E-state index contributed by atoms with van der Waals surface area (Å²) in [7, 11) is 3.78. The Balaban J connectivity index is 4.53. The lowest BCUT2D eigenvalue weighted by atomic mass is 10.0. The van der Waals surface area contributed by atoms with Crippen LogP contribution in [-0.4, -0.2) is 80.2 Å². The van der Waals surface area contributed by atoms with Crippen LogP contribution in [0.15, 0.2) is 4.99 Å². The van der Waals surface area contributed by atoms with Gasteiger partial charge in [-0.05, 0) is 96.7 Å². The maximum Gasteiger partial charge on any atom is 0.306 e. The fraction of sp³-hybridized carbons (Fsp3) is 0.911. The van der Waals surface area contributed by atoms with Gasteiger partial charge in [0.05, 0.1) is 0 Å². The van der Waals surface area contributed by atoms with Crippen LogP contribution >= 0.6 is 0 Å². The number of ether oxygens (including phenoxy) is 2. The second-order valence-corrected chi connectivity index (χ2v) is 15.7. The Kier molecular flexibility index (Phi) is 37.2. The van der Waals surface area contributed by atoms with E-state index in [2.05, 4.69) is 42.9 Å². The zero-order chi connectivity index (χ0) is 39.9. The van der Waals surface area contributed by atoms with E-state index in [0.717, 1.165) is 122 Å². The first-order valence-electron chi connectivity index (χ1n) is 22.8. The van der Waals surface area contributed by atoms with E-state index < -0.39 is 0 Å². The summed E-state index contributed by atoms with van der Waals surface area (Å²) in [4.78, 5) is 34.1. The van der Waals surface area contributed by atoms with Gasteiger partial charge in [0.25, 0.3) is 0 Å². The maximum absolute atomic E-state index is 12.6. The smallest absolute Gasteiger partial charge is 0.306 e. The summed E-state index contributed by atoms with van der Waals surface area (Å²) >= 11 is 0. The van der Waals surface area contributed by atoms with Crippen molar-refractivity contribution in [2.24, 2.45) is 4.99 Å². The standard InChI is InChI=1S/C45H87N5O4/c1-7-11-14-18-25-31-41(10-4)53-43(51)34-26-19-16-21-28-37-50(39-30-36-47-45(48-40-46)49(5)6)38-29-22-17-20-27-35-44(52)54-42(32-23-13-9-3)33-24-15-12-8-2/h41-42H,7-39H2,1-6H3,(H,47,48). The summed E-state index contributed by atoms with van der Waals surface area (Å²) in [6, 6.07) is 0. The molecule has 0 rings (SSSR count). The molecule has 0 heterocycles. The Hall–Kier alpha value is -2.34. The second-order valence-electron chi connectivity index (χ2n) is 15.7. The van der Waals surface area contributed by atoms with Gasteiger partial charge in [-0.1, -0.05) is 124 Å². The van der Waals surface area contributed by atoms with E-state index in [4.69, 9.17) is 14.7 Å². The van der Waals surface area contributed by atoms with Crippen LogP contribution in [0.2, 0.25) is 0 Å². The Morgan fingerprint density at radius 1 is 0.574 bits per heavy atom. The van der Waals surface area contributed by atoms with Gasteiger partial charge < -0.3 is 19.3 Å². The molecule has 2 atom stereocenters. The lowest BCUT2D eigenvalue weighted by molar-refractivity contribution is -0.150. The van der Waals surface area contributed by atoms with E-state index in [0.29, 0.717) is 25.3 Å². The van der Waals surface area contributed by atoms with E-state index in [9.17, 15) is 9.59 Å². The molecule has 0 radical (unpaired) electrons. The minimum Gasteiger partial charge on any atom is -0.462 e. The first-order chi connectivity index (χ1) is 26.3. The Morgan fingerprint density at radius 2 is 0.981 bits per heavy atom. The fourth-order valence-electron chi connectivity index (χ4n) is 6.92. The third-order valence-electron chi connectivity index (χ3n) is 10.4. The third-order valence-corrected chi connectivity index (χ3v) is 10.4. The molecule has 0 aromatic rings. The summed E-state index contributed by atoms with van der Waals surface area (Å²) in [5.74, 6) is 0.575. The number of esters is 2. The number of hydrogen-bond acceptors (Lipinski definition) is 7. The number of carbonyl (C=O) groups is 2. The lowest BCUT2D eigenvalue weighted by Gasteiger charge is -2.22. The summed E-state index contributed by atoms with van der Waals surface area (Å²) in [6.07, 6.45) is 33.7. The average molecular weight is 762 g/mol. The van der Waals surface area contributed by atoms with Crippen molar-refractivity contribution in [1.29, 1.82) is 5.26 Å². The van der Waals surface area contributed by atoms with E-state index in [-0.39, 0.29) is 24.1 Å². The van der Waals surface area contributed by atoms with Crippen LogP contribution in [0.4, 0.5) is 0 Å². The van der Waals surface area contributed by atoms with Crippen LogP contribution in [-0.2, 0) is 19.1 Å². The Bertz CT molecular complexity index is 938. The molecule has 0 saturated heterocycles. The number of rotatable bonds is 38. The summed E-state index contributed by atoms with van der Waals surface area (Å²) in [6.45, 7) is 12.6. The van der Waals surface area contributed by atoms with Crippen LogP contribution in [0.3, 0.4) is 0 Å². The molecule has 2 unspecified atom stereocenters. The van der Waals surface area contributed by atoms with Gasteiger partial charge in [-0.3, -0.25) is 19.9 Å². The zero-order valence-corrected chi connectivity index (χ0v) is 36.4. The van der Waals surface area contributed by atoms with E-state index in [1.807, 2.05) is 25.2 Å². The SMILES string of the molecule is CCCCCCCC(CC)OC(=O)CCCCCCCN(CCCCCCCC(=O)OC(CCCCC)CCCCCC)CCCN=C(NC#N)N(C)C. The molecule has 54 heavy (non-hydrogen) atoms. The monoisotopic (exact) mass is 762 g/mol. The highest BCUT2D eigenvalue weighted by molar-refractivity contribution is 5.80. The average Bonchev–Trinajstić information content (AvgIpc) is 3.15. The summed E-state index contributed by atoms with van der Waals surface area (Å²) < 4.78 is 11.7. The molecule has 0 amide bonds. The molecule has 0 aliphatic heterocycles. The van der Waals surface area contributed by atoms with Gasteiger partial charge in [-0.25, -0.2) is 0 Å². The number of guanidine groups is 1. The third kappa shape index (κ3) is 33.0. The van der Waals surface area contributed by atoms with Crippen molar-refractivity contribution in [2.75, 3.05) is 40.3 Å². The van der Waals surface area contributed by atoms with Crippen LogP contribution < -0.4 is 5.32 Å². The molecule has 0 saturated carbocycles. The van der Waals surface area contributed by atoms with Crippen molar-refractivity contribution >= 4 is 17.9 Å². The molecular weight excluding hydrogens is 675 g/mol. The van der Waals surface area contributed by atoms with Gasteiger partial charge in [-0.2, -0.15) is 5.26 Å². The van der Waals surface area contributed by atoms with Gasteiger partial charge in [0.1, 0.15) is 12.2 Å². The first-order valence-corrected chi connectivity index (χ1v) is 22.8. The van der Waals surface area contributed by atoms with Crippen molar-refractivity contribution < 1.29 is 19.1 Å². The number of aliphatic imine (C=N–C) groups is 1. The lowest BCUT2D eigenvalue weighted by Crippen LogP contribution is -2.34. The molecule has 0 aromatic carbocycles. The molecule has 0 aromatic heterocycles. The molecular formula is C45H87N5O4. The topological polar surface area (TPSA) is 107 Å². The fourth-order valence-corrected chi connectivity index (χ4v) is 6.92. The number of nitriles is 1. The largest absolute Gasteiger partial charge is 0.462 e. The van der Waals surface area contributed by atoms with Gasteiger partial charge in [0, 0.05) is 33.5 Å². The number of hydrogen-bond donors (Lipinski definition) is 1. The van der Waals surface area contributed by atoms with Gasteiger partial charge in [0.2, 0.25) is 5.96 Å². The number of unbranched alkanes of at least 4 members (excludes halogenated alkanes) is 17. The van der Waals surface area contributed by atoms with Crippen molar-refractivity contribution in [2.45, 2.75) is 226 Å². The van der Waals surface area contributed by atoms with E-state index in [1.54, 1.807) is 0 Å². The molecule has 0 bridgehead atoms. The first kappa shape index (κ1) is 51.7. The highest BCUT2D eigenvalue weighted by Crippen LogP contribution is 2.18. The molecule has 9 heteroatoms. The van der Waals surface area contributed by atoms with Crippen LogP contribution in [0.5, 0.6) is 0 Å². The number of nitrogens with one attached hydrogen (secondary N) is 1. The number of carbonyl (C=O) groups excluding carboxylic acids is 2. The highest BCUT2D eigenvalue weighted by Gasteiger charge is 2.15. The molecule has 316 valence electrons. The maximum atomic E-state index is 12.6. The second kappa shape index (κ2) is 38.9. The van der Waals surface area contributed by atoms with Gasteiger partial charge >= 0.3 is 11.9 Å². The van der Waals surface area contributed by atoms with Crippen molar-refractivity contribution in [3.05, 3.63) is 0 Å². The predicted octanol–water partition coefficient (Wildman–Crippen LogP) is 11.5. The predicted molar refractivity (Wildman–Crippen MR) is 228 cm³/mol. The Morgan fingerprint density at radius 3 is 1.50 bits per heavy atom. The van der Waals surface area contributed by atoms with E-state index >= 15 is 0 Å². The molecule has 0 aliphatic carbocycles. The van der Waals surface area contributed by atoms with Gasteiger partial charge in [-0.15, -0.1) is 0 Å². The quantitative estimate of drug-likeness (QED) is 0.0165. The molecule has 1 N–H and O–H groups in total. The van der Waals surface area contributed by atoms with Crippen LogP contribution in [0, 0.1) is 11.5 Å². The van der Waals surface area contributed by atoms with E-state index in [1.165, 1.54) is 70.6 Å². The van der Waals surface area contributed by atoms with Crippen molar-refractivity contribution in [3.8, 4) is 6.19 Å². The highest BCUT2D eigenvalue weighted by atomic mass is 16.5. The molecule has 0 aliphatic rings. The Labute approximate surface area is 334 Å².